The number of esters is 1. The average Bonchev–Trinajstić information content (AvgIpc) is 2.84. The molecule has 2 saturated carbocycles. The number of carbonyl (C=O) groups is 1. The molecule has 1 spiro atoms. The first kappa shape index (κ1) is 14.5. The first-order valence-corrected chi connectivity index (χ1v) is 8.47. The molecule has 2 aliphatic rings. The number of ether oxygens (including phenoxy) is 1. The molecule has 0 amide bonds. The van der Waals surface area contributed by atoms with Gasteiger partial charge < -0.3 is 4.74 Å². The van der Waals surface area contributed by atoms with E-state index in [1.54, 1.807) is 5.38 Å². The van der Waals surface area contributed by atoms with Gasteiger partial charge in [0.2, 0.25) is 0 Å². The van der Waals surface area contributed by atoms with Crippen molar-refractivity contribution in [1.29, 1.82) is 5.26 Å². The molecule has 3 rings (SSSR count). The highest BCUT2D eigenvalue weighted by molar-refractivity contribution is 7.10. The summed E-state index contributed by atoms with van der Waals surface area (Å²) in [6.45, 7) is 0. The van der Waals surface area contributed by atoms with Gasteiger partial charge in [-0.25, -0.2) is 9.78 Å². The predicted molar refractivity (Wildman–Crippen MR) is 80.1 cm³/mol. The molecular formula is C16H20N2O2S. The Balaban J connectivity index is 1.79. The van der Waals surface area contributed by atoms with E-state index >= 15 is 0 Å². The fourth-order valence-corrected chi connectivity index (χ4v) is 4.97. The molecule has 112 valence electrons. The lowest BCUT2D eigenvalue weighted by Crippen LogP contribution is -2.48. The third-order valence-electron chi connectivity index (χ3n) is 5.04. The molecule has 0 aromatic carbocycles. The van der Waals surface area contributed by atoms with Crippen molar-refractivity contribution in [3.8, 4) is 6.07 Å². The number of methoxy groups -OCH3 is 1. The number of rotatable bonds is 2. The van der Waals surface area contributed by atoms with Gasteiger partial charge in [-0.05, 0) is 31.1 Å². The van der Waals surface area contributed by atoms with Crippen molar-refractivity contribution in [2.75, 3.05) is 7.11 Å². The fraction of sp³-hybridized carbons (Fsp3) is 0.688. The third kappa shape index (κ3) is 2.46. The molecule has 0 N–H and O–H groups in total. The lowest BCUT2D eigenvalue weighted by atomic mass is 9.51. The van der Waals surface area contributed by atoms with Crippen LogP contribution in [0.3, 0.4) is 0 Å². The maximum Gasteiger partial charge on any atom is 0.357 e. The predicted octanol–water partition coefficient (Wildman–Crippen LogP) is 3.83. The summed E-state index contributed by atoms with van der Waals surface area (Å²) in [5.41, 5.74) is 0.207. The maximum absolute atomic E-state index is 11.5. The summed E-state index contributed by atoms with van der Waals surface area (Å²) in [7, 11) is 1.35. The summed E-state index contributed by atoms with van der Waals surface area (Å²) in [6, 6.07) is 2.49. The smallest absolute Gasteiger partial charge is 0.357 e. The number of aromatic nitrogens is 1. The van der Waals surface area contributed by atoms with Crippen molar-refractivity contribution in [2.24, 2.45) is 5.41 Å². The lowest BCUT2D eigenvalue weighted by Gasteiger charge is -2.52. The monoisotopic (exact) mass is 304 g/mol. The molecule has 0 atom stereocenters. The van der Waals surface area contributed by atoms with E-state index in [-0.39, 0.29) is 0 Å². The largest absolute Gasteiger partial charge is 0.464 e. The number of hydrogen-bond donors (Lipinski definition) is 0. The molecule has 1 aromatic heterocycles. The van der Waals surface area contributed by atoms with Crippen LogP contribution in [0.4, 0.5) is 0 Å². The van der Waals surface area contributed by atoms with Crippen molar-refractivity contribution >= 4 is 17.3 Å². The quantitative estimate of drug-likeness (QED) is 0.779. The van der Waals surface area contributed by atoms with Crippen molar-refractivity contribution in [3.63, 3.8) is 0 Å². The van der Waals surface area contributed by atoms with E-state index in [4.69, 9.17) is 4.74 Å². The first-order chi connectivity index (χ1) is 10.1. The summed E-state index contributed by atoms with van der Waals surface area (Å²) in [5.74, 6) is -0.422. The van der Waals surface area contributed by atoms with Gasteiger partial charge in [0.25, 0.3) is 0 Å². The SMILES string of the molecule is COC(=O)c1csc(C2(C#N)CC3(CCCCCC3)C2)n1. The van der Waals surface area contributed by atoms with Crippen LogP contribution in [0.2, 0.25) is 0 Å². The molecule has 21 heavy (non-hydrogen) atoms. The van der Waals surface area contributed by atoms with Crippen LogP contribution >= 0.6 is 11.3 Å². The van der Waals surface area contributed by atoms with Gasteiger partial charge >= 0.3 is 5.97 Å². The van der Waals surface area contributed by atoms with E-state index in [2.05, 4.69) is 11.1 Å². The van der Waals surface area contributed by atoms with E-state index in [1.165, 1.54) is 57.0 Å². The highest BCUT2D eigenvalue weighted by Gasteiger charge is 2.56. The fourth-order valence-electron chi connectivity index (χ4n) is 4.03. The minimum Gasteiger partial charge on any atom is -0.464 e. The summed E-state index contributed by atoms with van der Waals surface area (Å²) < 4.78 is 4.70. The van der Waals surface area contributed by atoms with E-state index in [1.807, 2.05) is 0 Å². The lowest BCUT2D eigenvalue weighted by molar-refractivity contribution is 0.0394. The van der Waals surface area contributed by atoms with Crippen LogP contribution in [0.15, 0.2) is 5.38 Å². The van der Waals surface area contributed by atoms with Gasteiger partial charge in [0.05, 0.1) is 13.2 Å². The summed E-state index contributed by atoms with van der Waals surface area (Å²) in [4.78, 5) is 15.9. The molecule has 2 fully saturated rings. The first-order valence-electron chi connectivity index (χ1n) is 7.59. The Kier molecular flexibility index (Phi) is 3.75. The highest BCUT2D eigenvalue weighted by Crippen LogP contribution is 2.61. The van der Waals surface area contributed by atoms with Crippen molar-refractivity contribution in [1.82, 2.24) is 4.98 Å². The molecule has 0 bridgehead atoms. The van der Waals surface area contributed by atoms with Gasteiger partial charge in [0.1, 0.15) is 10.4 Å². The summed E-state index contributed by atoms with van der Waals surface area (Å²) >= 11 is 1.42. The number of thiazole rings is 1. The van der Waals surface area contributed by atoms with Crippen LogP contribution in [0.5, 0.6) is 0 Å². The van der Waals surface area contributed by atoms with Gasteiger partial charge in [0.15, 0.2) is 5.69 Å². The number of nitrogens with zero attached hydrogens (tertiary/aromatic N) is 2. The Bertz CT molecular complexity index is 571. The Morgan fingerprint density at radius 2 is 2.00 bits per heavy atom. The number of carbonyl (C=O) groups excluding carboxylic acids is 1. The molecule has 4 nitrogen and oxygen atoms in total. The van der Waals surface area contributed by atoms with Crippen molar-refractivity contribution < 1.29 is 9.53 Å². The van der Waals surface area contributed by atoms with E-state index < -0.39 is 11.4 Å². The van der Waals surface area contributed by atoms with Crippen molar-refractivity contribution in [2.45, 2.75) is 56.8 Å². The third-order valence-corrected chi connectivity index (χ3v) is 6.09. The van der Waals surface area contributed by atoms with Crippen LogP contribution in [-0.2, 0) is 10.2 Å². The van der Waals surface area contributed by atoms with Gasteiger partial charge in [0, 0.05) is 5.38 Å². The minimum atomic E-state index is -0.471. The molecule has 2 aliphatic carbocycles. The standard InChI is InChI=1S/C16H20N2O2S/c1-20-13(19)12-8-21-14(18-12)16(11-17)9-15(10-16)6-4-2-3-5-7-15/h8H,2-7,9-10H2,1H3. The van der Waals surface area contributed by atoms with Gasteiger partial charge in [-0.3, -0.25) is 0 Å². The molecule has 0 aliphatic heterocycles. The van der Waals surface area contributed by atoms with Gasteiger partial charge in [-0.15, -0.1) is 11.3 Å². The second-order valence-corrected chi connectivity index (χ2v) is 7.35. The topological polar surface area (TPSA) is 63.0 Å². The van der Waals surface area contributed by atoms with Crippen LogP contribution < -0.4 is 0 Å². The van der Waals surface area contributed by atoms with Crippen LogP contribution in [0.1, 0.15) is 66.9 Å². The Hall–Kier alpha value is -1.41. The second kappa shape index (κ2) is 5.42. The van der Waals surface area contributed by atoms with Crippen LogP contribution in [0, 0.1) is 16.7 Å². The average molecular weight is 304 g/mol. The molecule has 0 saturated heterocycles. The number of nitriles is 1. The van der Waals surface area contributed by atoms with E-state index in [0.717, 1.165) is 17.8 Å². The highest BCUT2D eigenvalue weighted by atomic mass is 32.1. The van der Waals surface area contributed by atoms with Gasteiger partial charge in [-0.1, -0.05) is 25.7 Å². The Labute approximate surface area is 129 Å². The molecule has 0 unspecified atom stereocenters. The number of hydrogen-bond acceptors (Lipinski definition) is 5. The van der Waals surface area contributed by atoms with Crippen LogP contribution in [-0.4, -0.2) is 18.1 Å². The summed E-state index contributed by atoms with van der Waals surface area (Å²) in [6.07, 6.45) is 9.52. The molecule has 1 aromatic rings. The Morgan fingerprint density at radius 1 is 1.33 bits per heavy atom. The Morgan fingerprint density at radius 3 is 2.57 bits per heavy atom. The maximum atomic E-state index is 11.5. The summed E-state index contributed by atoms with van der Waals surface area (Å²) in [5, 5.41) is 12.2. The zero-order valence-electron chi connectivity index (χ0n) is 12.4. The van der Waals surface area contributed by atoms with E-state index in [9.17, 15) is 10.1 Å². The normalized spacial score (nSPS) is 22.9. The zero-order valence-corrected chi connectivity index (χ0v) is 13.2. The molecular weight excluding hydrogens is 284 g/mol. The van der Waals surface area contributed by atoms with E-state index in [0.29, 0.717) is 11.1 Å². The van der Waals surface area contributed by atoms with Gasteiger partial charge in [-0.2, -0.15) is 5.26 Å². The molecule has 5 heteroatoms. The minimum absolute atomic E-state index is 0.328. The molecule has 1 heterocycles. The second-order valence-electron chi connectivity index (χ2n) is 6.49. The zero-order chi connectivity index (χ0) is 14.9. The van der Waals surface area contributed by atoms with Crippen LogP contribution in [0.25, 0.3) is 0 Å². The van der Waals surface area contributed by atoms with Crippen molar-refractivity contribution in [3.05, 3.63) is 16.1 Å². The molecule has 0 radical (unpaired) electrons.